The van der Waals surface area contributed by atoms with Crippen molar-refractivity contribution in [3.05, 3.63) is 0 Å². The predicted octanol–water partition coefficient (Wildman–Crippen LogP) is 1.37. The molecule has 0 aromatic rings. The van der Waals surface area contributed by atoms with E-state index in [9.17, 15) is 13.2 Å². The van der Waals surface area contributed by atoms with Gasteiger partial charge in [-0.15, -0.1) is 0 Å². The molecule has 0 aliphatic carbocycles. The molecular formula is C16H31N3O3S. The Balaban J connectivity index is 1.83. The minimum absolute atomic E-state index is 0.0719. The highest BCUT2D eigenvalue weighted by molar-refractivity contribution is 7.91. The van der Waals surface area contributed by atoms with Crippen LogP contribution in [0.25, 0.3) is 0 Å². The van der Waals surface area contributed by atoms with Gasteiger partial charge in [0.1, 0.15) is 0 Å². The van der Waals surface area contributed by atoms with Gasteiger partial charge < -0.3 is 10.6 Å². The zero-order valence-electron chi connectivity index (χ0n) is 14.4. The van der Waals surface area contributed by atoms with Crippen LogP contribution in [-0.4, -0.2) is 62.6 Å². The van der Waals surface area contributed by atoms with Crippen LogP contribution in [0.4, 0.5) is 4.79 Å². The van der Waals surface area contributed by atoms with Crippen LogP contribution in [0.3, 0.4) is 0 Å². The average molecular weight is 346 g/mol. The average Bonchev–Trinajstić information content (AvgIpc) is 3.13. The van der Waals surface area contributed by atoms with Gasteiger partial charge in [0.05, 0.1) is 11.5 Å². The third kappa shape index (κ3) is 5.35. The Bertz CT molecular complexity index is 483. The monoisotopic (exact) mass is 345 g/mol. The van der Waals surface area contributed by atoms with E-state index in [1.807, 2.05) is 0 Å². The number of nitrogens with one attached hydrogen (secondary N) is 2. The molecule has 23 heavy (non-hydrogen) atoms. The van der Waals surface area contributed by atoms with E-state index in [4.69, 9.17) is 0 Å². The molecular weight excluding hydrogens is 314 g/mol. The summed E-state index contributed by atoms with van der Waals surface area (Å²) in [5.41, 5.74) is 0. The third-order valence-electron chi connectivity index (χ3n) is 5.24. The lowest BCUT2D eigenvalue weighted by atomic mass is 9.93. The van der Waals surface area contributed by atoms with Gasteiger partial charge in [-0.3, -0.25) is 4.90 Å². The summed E-state index contributed by atoms with van der Waals surface area (Å²) in [7, 11) is -2.96. The molecule has 6 nitrogen and oxygen atoms in total. The number of likely N-dealkylation sites (tertiary alicyclic amines) is 1. The highest BCUT2D eigenvalue weighted by Crippen LogP contribution is 2.22. The minimum Gasteiger partial charge on any atom is -0.337 e. The van der Waals surface area contributed by atoms with Gasteiger partial charge in [0, 0.05) is 18.6 Å². The van der Waals surface area contributed by atoms with E-state index in [1.165, 1.54) is 12.8 Å². The Morgan fingerprint density at radius 3 is 2.39 bits per heavy atom. The van der Waals surface area contributed by atoms with E-state index in [0.717, 1.165) is 25.9 Å². The first kappa shape index (κ1) is 18.5. The molecule has 0 aromatic heterocycles. The van der Waals surface area contributed by atoms with Gasteiger partial charge in [-0.05, 0) is 38.3 Å². The molecule has 0 saturated carbocycles. The molecule has 2 saturated heterocycles. The van der Waals surface area contributed by atoms with Crippen molar-refractivity contribution in [1.82, 2.24) is 15.5 Å². The van der Waals surface area contributed by atoms with Gasteiger partial charge in [0.25, 0.3) is 0 Å². The molecule has 134 valence electrons. The zero-order chi connectivity index (χ0) is 16.9. The molecule has 2 aliphatic rings. The number of amides is 2. The van der Waals surface area contributed by atoms with Crippen LogP contribution in [0.5, 0.6) is 0 Å². The fraction of sp³-hybridized carbons (Fsp3) is 0.938. The van der Waals surface area contributed by atoms with Crippen molar-refractivity contribution in [3.8, 4) is 0 Å². The van der Waals surface area contributed by atoms with E-state index in [-0.39, 0.29) is 23.6 Å². The standard InChI is InChI=1S/C16H31N3O3S/c1-3-13(4-2)15(19-8-5-6-9-19)11-17-16(20)18-14-7-10-23(21,22)12-14/h13-15H,3-12H2,1-2H3,(H2,17,18,20)/t14-,15-/m1/s1. The topological polar surface area (TPSA) is 78.5 Å². The number of urea groups is 1. The molecule has 0 radical (unpaired) electrons. The number of hydrogen-bond donors (Lipinski definition) is 2. The van der Waals surface area contributed by atoms with Gasteiger partial charge in [-0.25, -0.2) is 13.2 Å². The lowest BCUT2D eigenvalue weighted by molar-refractivity contribution is 0.161. The van der Waals surface area contributed by atoms with Gasteiger partial charge >= 0.3 is 6.03 Å². The van der Waals surface area contributed by atoms with Crippen molar-refractivity contribution < 1.29 is 13.2 Å². The van der Waals surface area contributed by atoms with Crippen LogP contribution in [0, 0.1) is 5.92 Å². The molecule has 0 spiro atoms. The van der Waals surface area contributed by atoms with Crippen molar-refractivity contribution in [2.24, 2.45) is 5.92 Å². The smallest absolute Gasteiger partial charge is 0.315 e. The maximum absolute atomic E-state index is 12.1. The van der Waals surface area contributed by atoms with E-state index in [0.29, 0.717) is 24.9 Å². The second-order valence-corrected chi connectivity index (χ2v) is 9.07. The quantitative estimate of drug-likeness (QED) is 0.730. The number of carbonyl (C=O) groups excluding carboxylic acids is 1. The molecule has 0 aromatic carbocycles. The van der Waals surface area contributed by atoms with E-state index in [2.05, 4.69) is 29.4 Å². The Kier molecular flexibility index (Phi) is 6.71. The summed E-state index contributed by atoms with van der Waals surface area (Å²) >= 11 is 0. The van der Waals surface area contributed by atoms with Gasteiger partial charge in [0.15, 0.2) is 9.84 Å². The van der Waals surface area contributed by atoms with Crippen molar-refractivity contribution >= 4 is 15.9 Å². The first-order valence-electron chi connectivity index (χ1n) is 8.94. The van der Waals surface area contributed by atoms with Crippen molar-refractivity contribution in [3.63, 3.8) is 0 Å². The van der Waals surface area contributed by atoms with Crippen LogP contribution in [0.15, 0.2) is 0 Å². The summed E-state index contributed by atoms with van der Waals surface area (Å²) in [6.45, 7) is 7.29. The molecule has 2 rings (SSSR count). The second-order valence-electron chi connectivity index (χ2n) is 6.84. The summed E-state index contributed by atoms with van der Waals surface area (Å²) in [5.74, 6) is 0.838. The predicted molar refractivity (Wildman–Crippen MR) is 92.3 cm³/mol. The summed E-state index contributed by atoms with van der Waals surface area (Å²) in [6, 6.07) is -0.0915. The highest BCUT2D eigenvalue weighted by atomic mass is 32.2. The van der Waals surface area contributed by atoms with Gasteiger partial charge in [-0.1, -0.05) is 26.7 Å². The van der Waals surface area contributed by atoms with Crippen LogP contribution in [0.2, 0.25) is 0 Å². The third-order valence-corrected chi connectivity index (χ3v) is 7.01. The molecule has 2 atom stereocenters. The van der Waals surface area contributed by atoms with Gasteiger partial charge in [0.2, 0.25) is 0 Å². The minimum atomic E-state index is -2.96. The van der Waals surface area contributed by atoms with Crippen molar-refractivity contribution in [2.75, 3.05) is 31.1 Å². The fourth-order valence-electron chi connectivity index (χ4n) is 3.84. The molecule has 0 unspecified atom stereocenters. The van der Waals surface area contributed by atoms with Crippen molar-refractivity contribution in [2.45, 2.75) is 58.0 Å². The maximum atomic E-state index is 12.1. The molecule has 2 aliphatic heterocycles. The van der Waals surface area contributed by atoms with Crippen LogP contribution in [0.1, 0.15) is 46.0 Å². The zero-order valence-corrected chi connectivity index (χ0v) is 15.2. The number of carbonyl (C=O) groups is 1. The normalized spacial score (nSPS) is 25.6. The van der Waals surface area contributed by atoms with Gasteiger partial charge in [-0.2, -0.15) is 0 Å². The number of sulfone groups is 1. The summed E-state index contributed by atoms with van der Waals surface area (Å²) in [4.78, 5) is 14.6. The van der Waals surface area contributed by atoms with Crippen LogP contribution >= 0.6 is 0 Å². The Labute approximate surface area is 140 Å². The van der Waals surface area contributed by atoms with Crippen LogP contribution in [-0.2, 0) is 9.84 Å². The SMILES string of the molecule is CCC(CC)[C@@H](CNC(=O)N[C@@H]1CCS(=O)(=O)C1)N1CCCC1. The lowest BCUT2D eigenvalue weighted by Crippen LogP contribution is -2.50. The summed E-state index contributed by atoms with van der Waals surface area (Å²) in [6.07, 6.45) is 5.23. The molecule has 2 heterocycles. The molecule has 7 heteroatoms. The fourth-order valence-corrected chi connectivity index (χ4v) is 5.52. The van der Waals surface area contributed by atoms with Crippen LogP contribution < -0.4 is 10.6 Å². The summed E-state index contributed by atoms with van der Waals surface area (Å²) in [5, 5.41) is 5.78. The molecule has 2 amide bonds. The highest BCUT2D eigenvalue weighted by Gasteiger charge is 2.30. The van der Waals surface area contributed by atoms with E-state index < -0.39 is 9.84 Å². The molecule has 2 fully saturated rings. The second kappa shape index (κ2) is 8.33. The lowest BCUT2D eigenvalue weighted by Gasteiger charge is -2.34. The Morgan fingerprint density at radius 1 is 1.22 bits per heavy atom. The Morgan fingerprint density at radius 2 is 1.87 bits per heavy atom. The van der Waals surface area contributed by atoms with E-state index >= 15 is 0 Å². The largest absolute Gasteiger partial charge is 0.337 e. The molecule has 0 bridgehead atoms. The number of nitrogens with zero attached hydrogens (tertiary/aromatic N) is 1. The van der Waals surface area contributed by atoms with Crippen molar-refractivity contribution in [1.29, 1.82) is 0 Å². The first-order chi connectivity index (χ1) is 10.9. The number of hydrogen-bond acceptors (Lipinski definition) is 4. The number of rotatable bonds is 7. The van der Waals surface area contributed by atoms with E-state index in [1.54, 1.807) is 0 Å². The maximum Gasteiger partial charge on any atom is 0.315 e. The first-order valence-corrected chi connectivity index (χ1v) is 10.8. The summed E-state index contributed by atoms with van der Waals surface area (Å²) < 4.78 is 22.9. The Hall–Kier alpha value is -0.820. The molecule has 2 N–H and O–H groups in total.